The van der Waals surface area contributed by atoms with Crippen molar-refractivity contribution >= 4 is 5.69 Å². The average Bonchev–Trinajstić information content (AvgIpc) is 2.86. The maximum atomic E-state index is 4.06. The van der Waals surface area contributed by atoms with Crippen molar-refractivity contribution in [1.82, 2.24) is 25.5 Å². The van der Waals surface area contributed by atoms with Crippen molar-refractivity contribution in [3.63, 3.8) is 0 Å². The molecule has 0 spiro atoms. The number of tetrazole rings is 1. The van der Waals surface area contributed by atoms with Gasteiger partial charge in [-0.1, -0.05) is 18.2 Å². The van der Waals surface area contributed by atoms with E-state index in [1.54, 1.807) is 0 Å². The number of para-hydroxylation sites is 1. The van der Waals surface area contributed by atoms with Gasteiger partial charge in [0.2, 0.25) is 0 Å². The predicted octanol–water partition coefficient (Wildman–Crippen LogP) is 1.21. The molecule has 6 nitrogen and oxygen atoms in total. The van der Waals surface area contributed by atoms with Crippen LogP contribution in [0.15, 0.2) is 24.3 Å². The van der Waals surface area contributed by atoms with Crippen molar-refractivity contribution in [2.75, 3.05) is 12.4 Å². The standard InChI is InChI=1S/C14H20N6/c1-15-13-5-3-2-4-11(13)10-16-12-6-7-14-17-18-19-20(14)9-8-12/h2-5,12,15-16H,6-10H2,1H3. The fourth-order valence-electron chi connectivity index (χ4n) is 2.68. The van der Waals surface area contributed by atoms with Crippen LogP contribution in [0.3, 0.4) is 0 Å². The van der Waals surface area contributed by atoms with E-state index >= 15 is 0 Å². The molecule has 2 N–H and O–H groups in total. The van der Waals surface area contributed by atoms with Crippen LogP contribution in [0.2, 0.25) is 0 Å². The third kappa shape index (κ3) is 2.80. The number of aromatic nitrogens is 4. The van der Waals surface area contributed by atoms with Gasteiger partial charge in [0, 0.05) is 38.3 Å². The molecule has 1 aromatic carbocycles. The molecule has 1 atom stereocenters. The lowest BCUT2D eigenvalue weighted by Crippen LogP contribution is -2.29. The lowest BCUT2D eigenvalue weighted by molar-refractivity contribution is 0.435. The fraction of sp³-hybridized carbons (Fsp3) is 0.500. The molecule has 1 unspecified atom stereocenters. The molecule has 0 aliphatic carbocycles. The quantitative estimate of drug-likeness (QED) is 0.875. The second-order valence-electron chi connectivity index (χ2n) is 5.13. The smallest absolute Gasteiger partial charge is 0.151 e. The van der Waals surface area contributed by atoms with Gasteiger partial charge in [0.15, 0.2) is 5.82 Å². The second kappa shape index (κ2) is 6.00. The van der Waals surface area contributed by atoms with Crippen molar-refractivity contribution in [2.24, 2.45) is 0 Å². The van der Waals surface area contributed by atoms with Crippen molar-refractivity contribution in [3.8, 4) is 0 Å². The Bertz CT molecular complexity index is 542. The van der Waals surface area contributed by atoms with Gasteiger partial charge in [0.25, 0.3) is 0 Å². The Morgan fingerprint density at radius 2 is 2.20 bits per heavy atom. The summed E-state index contributed by atoms with van der Waals surface area (Å²) in [4.78, 5) is 0. The Morgan fingerprint density at radius 3 is 3.10 bits per heavy atom. The Labute approximate surface area is 118 Å². The van der Waals surface area contributed by atoms with Gasteiger partial charge in [-0.25, -0.2) is 4.68 Å². The molecular weight excluding hydrogens is 252 g/mol. The second-order valence-corrected chi connectivity index (χ2v) is 5.13. The van der Waals surface area contributed by atoms with Gasteiger partial charge >= 0.3 is 0 Å². The molecule has 0 bridgehead atoms. The molecule has 1 aromatic heterocycles. The average molecular weight is 272 g/mol. The van der Waals surface area contributed by atoms with E-state index in [0.717, 1.165) is 38.2 Å². The minimum absolute atomic E-state index is 0.503. The van der Waals surface area contributed by atoms with E-state index in [9.17, 15) is 0 Å². The van der Waals surface area contributed by atoms with Crippen molar-refractivity contribution < 1.29 is 0 Å². The first-order valence-electron chi connectivity index (χ1n) is 7.11. The van der Waals surface area contributed by atoms with Crippen molar-refractivity contribution in [3.05, 3.63) is 35.7 Å². The summed E-state index contributed by atoms with van der Waals surface area (Å²) < 4.78 is 1.92. The van der Waals surface area contributed by atoms with E-state index < -0.39 is 0 Å². The van der Waals surface area contributed by atoms with Gasteiger partial charge in [-0.2, -0.15) is 0 Å². The number of benzene rings is 1. The van der Waals surface area contributed by atoms with E-state index in [1.165, 1.54) is 11.3 Å². The minimum Gasteiger partial charge on any atom is -0.388 e. The molecule has 1 aliphatic rings. The molecule has 20 heavy (non-hydrogen) atoms. The first-order chi connectivity index (χ1) is 9.86. The van der Waals surface area contributed by atoms with Gasteiger partial charge in [-0.15, -0.1) is 5.10 Å². The summed E-state index contributed by atoms with van der Waals surface area (Å²) in [5, 5.41) is 18.7. The Morgan fingerprint density at radius 1 is 1.30 bits per heavy atom. The largest absolute Gasteiger partial charge is 0.388 e. The summed E-state index contributed by atoms with van der Waals surface area (Å²) in [5.74, 6) is 1.00. The van der Waals surface area contributed by atoms with Crippen LogP contribution in [-0.2, 0) is 19.5 Å². The van der Waals surface area contributed by atoms with Gasteiger partial charge in [0.1, 0.15) is 0 Å². The molecule has 0 amide bonds. The number of hydrogen-bond donors (Lipinski definition) is 2. The number of hydrogen-bond acceptors (Lipinski definition) is 5. The molecule has 106 valence electrons. The van der Waals surface area contributed by atoms with Crippen LogP contribution < -0.4 is 10.6 Å². The highest BCUT2D eigenvalue weighted by atomic mass is 15.5. The van der Waals surface area contributed by atoms with E-state index in [4.69, 9.17) is 0 Å². The summed E-state index contributed by atoms with van der Waals surface area (Å²) in [6.07, 6.45) is 3.10. The summed E-state index contributed by atoms with van der Waals surface area (Å²) in [5.41, 5.74) is 2.49. The Balaban J connectivity index is 1.58. The first-order valence-corrected chi connectivity index (χ1v) is 7.11. The zero-order valence-electron chi connectivity index (χ0n) is 11.7. The van der Waals surface area contributed by atoms with E-state index in [1.807, 2.05) is 11.7 Å². The highest BCUT2D eigenvalue weighted by molar-refractivity contribution is 5.50. The summed E-state index contributed by atoms with van der Waals surface area (Å²) in [7, 11) is 1.96. The molecular formula is C14H20N6. The molecule has 1 aliphatic heterocycles. The zero-order valence-corrected chi connectivity index (χ0v) is 11.7. The predicted molar refractivity (Wildman–Crippen MR) is 77.4 cm³/mol. The maximum absolute atomic E-state index is 4.06. The van der Waals surface area contributed by atoms with Crippen molar-refractivity contribution in [1.29, 1.82) is 0 Å². The van der Waals surface area contributed by atoms with Crippen LogP contribution in [0, 0.1) is 0 Å². The lowest BCUT2D eigenvalue weighted by Gasteiger charge is -2.17. The molecule has 0 saturated carbocycles. The van der Waals surface area contributed by atoms with Gasteiger partial charge in [0.05, 0.1) is 0 Å². The van der Waals surface area contributed by atoms with Gasteiger partial charge < -0.3 is 10.6 Å². The number of nitrogens with zero attached hydrogens (tertiary/aromatic N) is 4. The molecule has 2 aromatic rings. The summed E-state index contributed by atoms with van der Waals surface area (Å²) in [6.45, 7) is 1.78. The number of nitrogens with one attached hydrogen (secondary N) is 2. The minimum atomic E-state index is 0.503. The third-order valence-corrected chi connectivity index (χ3v) is 3.88. The SMILES string of the molecule is CNc1ccccc1CNC1CCc2nnnn2CC1. The van der Waals surface area contributed by atoms with Crippen molar-refractivity contribution in [2.45, 2.75) is 38.4 Å². The normalized spacial score (nSPS) is 18.4. The summed E-state index contributed by atoms with van der Waals surface area (Å²) >= 11 is 0. The monoisotopic (exact) mass is 272 g/mol. The molecule has 0 fully saturated rings. The van der Waals surface area contributed by atoms with Crippen LogP contribution >= 0.6 is 0 Å². The fourth-order valence-corrected chi connectivity index (χ4v) is 2.68. The number of aryl methyl sites for hydroxylation is 2. The zero-order chi connectivity index (χ0) is 13.8. The van der Waals surface area contributed by atoms with Crippen LogP contribution in [0.25, 0.3) is 0 Å². The Hall–Kier alpha value is -1.95. The number of fused-ring (bicyclic) bond motifs is 1. The summed E-state index contributed by atoms with van der Waals surface area (Å²) in [6, 6.07) is 8.90. The molecule has 3 rings (SSSR count). The van der Waals surface area contributed by atoms with E-state index in [-0.39, 0.29) is 0 Å². The molecule has 0 saturated heterocycles. The van der Waals surface area contributed by atoms with Crippen LogP contribution in [-0.4, -0.2) is 33.3 Å². The van der Waals surface area contributed by atoms with Crippen LogP contribution in [0.5, 0.6) is 0 Å². The van der Waals surface area contributed by atoms with Gasteiger partial charge in [-0.05, 0) is 34.9 Å². The van der Waals surface area contributed by atoms with Gasteiger partial charge in [-0.3, -0.25) is 0 Å². The third-order valence-electron chi connectivity index (χ3n) is 3.88. The topological polar surface area (TPSA) is 67.7 Å². The van der Waals surface area contributed by atoms with Crippen LogP contribution in [0.4, 0.5) is 5.69 Å². The molecule has 0 radical (unpaired) electrons. The van der Waals surface area contributed by atoms with E-state index in [0.29, 0.717) is 6.04 Å². The Kier molecular flexibility index (Phi) is 3.92. The number of anilines is 1. The lowest BCUT2D eigenvalue weighted by atomic mass is 10.1. The highest BCUT2D eigenvalue weighted by Crippen LogP contribution is 2.16. The maximum Gasteiger partial charge on any atom is 0.151 e. The molecule has 2 heterocycles. The van der Waals surface area contributed by atoms with Crippen LogP contribution in [0.1, 0.15) is 24.2 Å². The van der Waals surface area contributed by atoms with E-state index in [2.05, 4.69) is 50.4 Å². The molecule has 6 heteroatoms. The first kappa shape index (κ1) is 13.1. The number of rotatable bonds is 4. The highest BCUT2D eigenvalue weighted by Gasteiger charge is 2.17.